The first kappa shape index (κ1) is 22.9. The van der Waals surface area contributed by atoms with Crippen molar-refractivity contribution in [2.24, 2.45) is 4.99 Å². The number of nitrogens with one attached hydrogen (secondary N) is 2. The molecule has 0 aromatic rings. The molecular formula is C16H35IN4O2. The largest absolute Gasteiger partial charge is 0.382 e. The molecule has 0 aromatic heterocycles. The van der Waals surface area contributed by atoms with Crippen molar-refractivity contribution in [3.8, 4) is 0 Å². The van der Waals surface area contributed by atoms with E-state index in [2.05, 4.69) is 27.6 Å². The van der Waals surface area contributed by atoms with Crippen LogP contribution in [-0.2, 0) is 9.47 Å². The SMILES string of the molecule is CN=C(NCCCOCCOC)NCCN(C)C1CCCC1.I. The Morgan fingerprint density at radius 1 is 1.13 bits per heavy atom. The number of halogens is 1. The molecule has 0 radical (unpaired) electrons. The summed E-state index contributed by atoms with van der Waals surface area (Å²) in [4.78, 5) is 6.71. The Labute approximate surface area is 158 Å². The summed E-state index contributed by atoms with van der Waals surface area (Å²) in [7, 11) is 5.72. The third-order valence-corrected chi connectivity index (χ3v) is 4.12. The number of rotatable bonds is 11. The quantitative estimate of drug-likeness (QED) is 0.221. The maximum Gasteiger partial charge on any atom is 0.191 e. The number of guanidine groups is 1. The van der Waals surface area contributed by atoms with Crippen molar-refractivity contribution in [1.29, 1.82) is 0 Å². The van der Waals surface area contributed by atoms with Crippen molar-refractivity contribution < 1.29 is 9.47 Å². The second kappa shape index (κ2) is 15.4. The van der Waals surface area contributed by atoms with Gasteiger partial charge in [0.1, 0.15) is 0 Å². The van der Waals surface area contributed by atoms with Gasteiger partial charge in [-0.3, -0.25) is 4.99 Å². The Kier molecular flexibility index (Phi) is 15.3. The minimum absolute atomic E-state index is 0. The molecule has 1 saturated carbocycles. The highest BCUT2D eigenvalue weighted by Gasteiger charge is 2.18. The lowest BCUT2D eigenvalue weighted by molar-refractivity contribution is 0.0698. The number of hydrogen-bond donors (Lipinski definition) is 2. The highest BCUT2D eigenvalue weighted by Crippen LogP contribution is 2.21. The van der Waals surface area contributed by atoms with E-state index in [1.165, 1.54) is 25.7 Å². The summed E-state index contributed by atoms with van der Waals surface area (Å²) in [5.74, 6) is 0.872. The maximum absolute atomic E-state index is 5.43. The molecule has 2 N–H and O–H groups in total. The van der Waals surface area contributed by atoms with Crippen LogP contribution in [0.2, 0.25) is 0 Å². The zero-order chi connectivity index (χ0) is 16.0. The lowest BCUT2D eigenvalue weighted by atomic mass is 10.2. The van der Waals surface area contributed by atoms with Crippen LogP contribution in [0, 0.1) is 0 Å². The molecule has 7 heteroatoms. The van der Waals surface area contributed by atoms with Gasteiger partial charge in [-0.15, -0.1) is 24.0 Å². The van der Waals surface area contributed by atoms with Gasteiger partial charge >= 0.3 is 0 Å². The summed E-state index contributed by atoms with van der Waals surface area (Å²) in [5, 5.41) is 6.68. The van der Waals surface area contributed by atoms with Crippen LogP contribution < -0.4 is 10.6 Å². The average molecular weight is 442 g/mol. The van der Waals surface area contributed by atoms with Crippen LogP contribution in [0.25, 0.3) is 0 Å². The van der Waals surface area contributed by atoms with E-state index in [0.29, 0.717) is 13.2 Å². The van der Waals surface area contributed by atoms with E-state index < -0.39 is 0 Å². The van der Waals surface area contributed by atoms with Crippen LogP contribution >= 0.6 is 24.0 Å². The number of nitrogens with zero attached hydrogens (tertiary/aromatic N) is 2. The van der Waals surface area contributed by atoms with Crippen molar-refractivity contribution in [2.45, 2.75) is 38.1 Å². The van der Waals surface area contributed by atoms with Gasteiger partial charge in [-0.05, 0) is 26.3 Å². The van der Waals surface area contributed by atoms with Gasteiger partial charge in [0.05, 0.1) is 13.2 Å². The minimum atomic E-state index is 0. The van der Waals surface area contributed by atoms with Gasteiger partial charge in [-0.25, -0.2) is 0 Å². The normalized spacial score (nSPS) is 15.7. The van der Waals surface area contributed by atoms with Crippen LogP contribution in [0.5, 0.6) is 0 Å². The molecule has 138 valence electrons. The zero-order valence-corrected chi connectivity index (χ0v) is 17.3. The molecule has 1 fully saturated rings. The van der Waals surface area contributed by atoms with E-state index in [4.69, 9.17) is 9.47 Å². The molecule has 1 rings (SSSR count). The second-order valence-corrected chi connectivity index (χ2v) is 5.80. The molecule has 6 nitrogen and oxygen atoms in total. The Hall–Kier alpha value is -0.120. The van der Waals surface area contributed by atoms with Crippen molar-refractivity contribution in [3.63, 3.8) is 0 Å². The fourth-order valence-corrected chi connectivity index (χ4v) is 2.72. The molecule has 0 spiro atoms. The first-order chi connectivity index (χ1) is 10.8. The molecule has 0 heterocycles. The van der Waals surface area contributed by atoms with E-state index in [-0.39, 0.29) is 24.0 Å². The lowest BCUT2D eigenvalue weighted by Crippen LogP contribution is -2.42. The monoisotopic (exact) mass is 442 g/mol. The van der Waals surface area contributed by atoms with Gasteiger partial charge in [0, 0.05) is 46.4 Å². The Morgan fingerprint density at radius 3 is 2.48 bits per heavy atom. The Bertz CT molecular complexity index is 300. The first-order valence-corrected chi connectivity index (χ1v) is 8.49. The fourth-order valence-electron chi connectivity index (χ4n) is 2.72. The second-order valence-electron chi connectivity index (χ2n) is 5.80. The third kappa shape index (κ3) is 11.1. The van der Waals surface area contributed by atoms with E-state index in [1.54, 1.807) is 7.11 Å². The number of ether oxygens (including phenoxy) is 2. The minimum Gasteiger partial charge on any atom is -0.382 e. The zero-order valence-electron chi connectivity index (χ0n) is 15.0. The van der Waals surface area contributed by atoms with Crippen LogP contribution in [0.15, 0.2) is 4.99 Å². The highest BCUT2D eigenvalue weighted by atomic mass is 127. The van der Waals surface area contributed by atoms with Crippen LogP contribution in [0.4, 0.5) is 0 Å². The summed E-state index contributed by atoms with van der Waals surface area (Å²) >= 11 is 0. The number of methoxy groups -OCH3 is 1. The van der Waals surface area contributed by atoms with E-state index >= 15 is 0 Å². The summed E-state index contributed by atoms with van der Waals surface area (Å²) < 4.78 is 10.4. The molecule has 0 bridgehead atoms. The van der Waals surface area contributed by atoms with Crippen molar-refractivity contribution >= 4 is 29.9 Å². The molecular weight excluding hydrogens is 407 g/mol. The predicted octanol–water partition coefficient (Wildman–Crippen LogP) is 1.70. The van der Waals surface area contributed by atoms with Crippen LogP contribution in [-0.4, -0.2) is 77.6 Å². The van der Waals surface area contributed by atoms with Gasteiger partial charge in [-0.1, -0.05) is 12.8 Å². The summed E-state index contributed by atoms with van der Waals surface area (Å²) in [6, 6.07) is 0.779. The van der Waals surface area contributed by atoms with Crippen LogP contribution in [0.1, 0.15) is 32.1 Å². The first-order valence-electron chi connectivity index (χ1n) is 8.49. The summed E-state index contributed by atoms with van der Waals surface area (Å²) in [5.41, 5.74) is 0. The highest BCUT2D eigenvalue weighted by molar-refractivity contribution is 14.0. The molecule has 0 atom stereocenters. The van der Waals surface area contributed by atoms with Gasteiger partial charge in [0.2, 0.25) is 0 Å². The summed E-state index contributed by atoms with van der Waals surface area (Å²) in [6.45, 7) is 4.92. The van der Waals surface area contributed by atoms with Gasteiger partial charge in [0.25, 0.3) is 0 Å². The number of likely N-dealkylation sites (N-methyl/N-ethyl adjacent to an activating group) is 1. The third-order valence-electron chi connectivity index (χ3n) is 4.12. The Balaban J connectivity index is 0.00000484. The molecule has 0 saturated heterocycles. The molecule has 0 amide bonds. The molecule has 1 aliphatic rings. The molecule has 1 aliphatic carbocycles. The van der Waals surface area contributed by atoms with Gasteiger partial charge in [0.15, 0.2) is 5.96 Å². The van der Waals surface area contributed by atoms with Crippen molar-refractivity contribution in [3.05, 3.63) is 0 Å². The van der Waals surface area contributed by atoms with Gasteiger partial charge in [-0.2, -0.15) is 0 Å². The molecule has 0 aromatic carbocycles. The van der Waals surface area contributed by atoms with E-state index in [1.807, 2.05) is 7.05 Å². The predicted molar refractivity (Wildman–Crippen MR) is 107 cm³/mol. The van der Waals surface area contributed by atoms with Crippen LogP contribution in [0.3, 0.4) is 0 Å². The smallest absolute Gasteiger partial charge is 0.191 e. The van der Waals surface area contributed by atoms with Crippen molar-refractivity contribution in [1.82, 2.24) is 15.5 Å². The van der Waals surface area contributed by atoms with Gasteiger partial charge < -0.3 is 25.0 Å². The lowest BCUT2D eigenvalue weighted by Gasteiger charge is -2.24. The average Bonchev–Trinajstić information content (AvgIpc) is 3.06. The number of aliphatic imine (C=N–C) groups is 1. The van der Waals surface area contributed by atoms with E-state index in [9.17, 15) is 0 Å². The molecule has 0 aliphatic heterocycles. The standard InChI is InChI=1S/C16H34N4O2.HI/c1-17-16(18-9-6-12-22-14-13-21-3)19-10-11-20(2)15-7-4-5-8-15;/h15H,4-14H2,1-3H3,(H2,17,18,19);1H. The number of hydrogen-bond acceptors (Lipinski definition) is 4. The maximum atomic E-state index is 5.43. The Morgan fingerprint density at radius 2 is 1.83 bits per heavy atom. The van der Waals surface area contributed by atoms with E-state index in [0.717, 1.165) is 44.7 Å². The molecule has 23 heavy (non-hydrogen) atoms. The molecule has 0 unspecified atom stereocenters. The van der Waals surface area contributed by atoms with Crippen molar-refractivity contribution in [2.75, 3.05) is 60.7 Å². The summed E-state index contributed by atoms with van der Waals surface area (Å²) in [6.07, 6.45) is 6.45. The fraction of sp³-hybridized carbons (Fsp3) is 0.938. The topological polar surface area (TPSA) is 58.1 Å².